The molecule has 2 N–H and O–H groups in total. The molecule has 0 saturated heterocycles. The number of guanidine groups is 1. The lowest BCUT2D eigenvalue weighted by atomic mass is 10.1. The Bertz CT molecular complexity index is 1120. The van der Waals surface area contributed by atoms with Gasteiger partial charge >= 0.3 is 0 Å². The van der Waals surface area contributed by atoms with Crippen LogP contribution in [0.1, 0.15) is 16.7 Å². The zero-order valence-corrected chi connectivity index (χ0v) is 17.2. The molecule has 0 aromatic heterocycles. The number of nitrogens with zero attached hydrogens (tertiary/aromatic N) is 1. The smallest absolute Gasteiger partial charge is 0.191 e. The first-order valence-corrected chi connectivity index (χ1v) is 11.0. The summed E-state index contributed by atoms with van der Waals surface area (Å²) in [6, 6.07) is 20.1. The topological polar surface area (TPSA) is 70.6 Å². The van der Waals surface area contributed by atoms with E-state index in [1.165, 1.54) is 22.6 Å². The number of benzene rings is 3. The summed E-state index contributed by atoms with van der Waals surface area (Å²) in [5.41, 5.74) is 2.93. The van der Waals surface area contributed by atoms with E-state index in [-0.39, 0.29) is 0 Å². The third-order valence-electron chi connectivity index (χ3n) is 4.60. The number of hydrogen-bond acceptors (Lipinski definition) is 3. The van der Waals surface area contributed by atoms with Crippen molar-refractivity contribution >= 4 is 26.6 Å². The number of aliphatic imine (C=N–C) groups is 1. The van der Waals surface area contributed by atoms with Crippen molar-refractivity contribution in [2.45, 2.75) is 24.9 Å². The van der Waals surface area contributed by atoms with Crippen molar-refractivity contribution in [3.63, 3.8) is 0 Å². The van der Waals surface area contributed by atoms with Gasteiger partial charge in [0.2, 0.25) is 0 Å². The fourth-order valence-corrected chi connectivity index (χ4v) is 4.14. The molecule has 0 heterocycles. The fourth-order valence-electron chi connectivity index (χ4n) is 3.18. The number of sulfone groups is 1. The second-order valence-electron chi connectivity index (χ2n) is 6.83. The molecule has 6 heteroatoms. The maximum atomic E-state index is 11.7. The highest BCUT2D eigenvalue weighted by Crippen LogP contribution is 2.17. The molecule has 0 unspecified atom stereocenters. The van der Waals surface area contributed by atoms with Gasteiger partial charge in [-0.05, 0) is 46.5 Å². The largest absolute Gasteiger partial charge is 0.352 e. The lowest BCUT2D eigenvalue weighted by molar-refractivity contribution is 0.601. The predicted octanol–water partition coefficient (Wildman–Crippen LogP) is 3.42. The van der Waals surface area contributed by atoms with E-state index in [1.54, 1.807) is 13.1 Å². The molecule has 0 fully saturated rings. The van der Waals surface area contributed by atoms with E-state index in [1.807, 2.05) is 31.2 Å². The number of nitrogens with one attached hydrogen (secondary N) is 2. The second-order valence-corrected chi connectivity index (χ2v) is 8.82. The monoisotopic (exact) mass is 395 g/mol. The zero-order chi connectivity index (χ0) is 20.1. The van der Waals surface area contributed by atoms with Crippen molar-refractivity contribution in [3.05, 3.63) is 77.4 Å². The highest BCUT2D eigenvalue weighted by Gasteiger charge is 2.11. The molecule has 0 atom stereocenters. The van der Waals surface area contributed by atoms with E-state index in [0.29, 0.717) is 23.9 Å². The van der Waals surface area contributed by atoms with E-state index < -0.39 is 9.84 Å². The van der Waals surface area contributed by atoms with Gasteiger partial charge in [0.05, 0.1) is 4.90 Å². The van der Waals surface area contributed by atoms with Crippen molar-refractivity contribution in [2.75, 3.05) is 13.3 Å². The van der Waals surface area contributed by atoms with Crippen molar-refractivity contribution in [1.82, 2.24) is 10.6 Å². The van der Waals surface area contributed by atoms with E-state index in [2.05, 4.69) is 46.0 Å². The molecule has 146 valence electrons. The van der Waals surface area contributed by atoms with Crippen LogP contribution in [0.2, 0.25) is 0 Å². The second kappa shape index (κ2) is 8.44. The minimum absolute atomic E-state index is 0.370. The first-order valence-electron chi connectivity index (χ1n) is 9.08. The average Bonchev–Trinajstić information content (AvgIpc) is 2.67. The molecule has 3 rings (SSSR count). The first kappa shape index (κ1) is 19.9. The molecule has 0 bridgehead atoms. The summed E-state index contributed by atoms with van der Waals surface area (Å²) in [6.45, 7) is 3.03. The third kappa shape index (κ3) is 4.89. The van der Waals surface area contributed by atoms with Crippen LogP contribution < -0.4 is 10.6 Å². The number of aryl methyl sites for hydroxylation is 1. The average molecular weight is 396 g/mol. The molecule has 0 amide bonds. The van der Waals surface area contributed by atoms with Gasteiger partial charge in [-0.15, -0.1) is 0 Å². The van der Waals surface area contributed by atoms with Gasteiger partial charge in [0.1, 0.15) is 0 Å². The molecular formula is C22H25N3O2S. The summed E-state index contributed by atoms with van der Waals surface area (Å²) in [5.74, 6) is 0.693. The normalized spacial score (nSPS) is 12.2. The summed E-state index contributed by atoms with van der Waals surface area (Å²) in [5, 5.41) is 9.02. The van der Waals surface area contributed by atoms with Gasteiger partial charge in [-0.3, -0.25) is 4.99 Å². The van der Waals surface area contributed by atoms with Crippen LogP contribution in [0.4, 0.5) is 0 Å². The first-order chi connectivity index (χ1) is 13.4. The molecule has 3 aromatic rings. The minimum Gasteiger partial charge on any atom is -0.352 e. The van der Waals surface area contributed by atoms with Gasteiger partial charge in [0, 0.05) is 26.4 Å². The van der Waals surface area contributed by atoms with Crippen LogP contribution in [0.5, 0.6) is 0 Å². The lowest BCUT2D eigenvalue weighted by Crippen LogP contribution is -2.36. The quantitative estimate of drug-likeness (QED) is 0.513. The number of rotatable bonds is 5. The van der Waals surface area contributed by atoms with Crippen LogP contribution in [0.15, 0.2) is 70.6 Å². The van der Waals surface area contributed by atoms with E-state index in [9.17, 15) is 8.42 Å². The fraction of sp³-hybridized carbons (Fsp3) is 0.227. The Labute approximate surface area is 166 Å². The summed E-state index contributed by atoms with van der Waals surface area (Å²) in [4.78, 5) is 4.63. The Morgan fingerprint density at radius 3 is 2.11 bits per heavy atom. The summed E-state index contributed by atoms with van der Waals surface area (Å²) < 4.78 is 23.5. The SMILES string of the molecule is CN=C(NCc1ccc(S(C)(=O)=O)c(C)c1)NCc1ccc2ccccc2c1. The maximum absolute atomic E-state index is 11.7. The Hall–Kier alpha value is -2.86. The molecule has 0 saturated carbocycles. The summed E-state index contributed by atoms with van der Waals surface area (Å²) >= 11 is 0. The highest BCUT2D eigenvalue weighted by atomic mass is 32.2. The third-order valence-corrected chi connectivity index (χ3v) is 5.85. The molecular weight excluding hydrogens is 370 g/mol. The van der Waals surface area contributed by atoms with Crippen LogP contribution in [0.3, 0.4) is 0 Å². The van der Waals surface area contributed by atoms with Crippen molar-refractivity contribution in [3.8, 4) is 0 Å². The Balaban J connectivity index is 1.61. The molecule has 0 aliphatic carbocycles. The van der Waals surface area contributed by atoms with Gasteiger partial charge in [0.15, 0.2) is 15.8 Å². The van der Waals surface area contributed by atoms with E-state index in [4.69, 9.17) is 0 Å². The zero-order valence-electron chi connectivity index (χ0n) is 16.4. The van der Waals surface area contributed by atoms with Crippen molar-refractivity contribution in [1.29, 1.82) is 0 Å². The Morgan fingerprint density at radius 2 is 1.50 bits per heavy atom. The predicted molar refractivity (Wildman–Crippen MR) is 115 cm³/mol. The Kier molecular flexibility index (Phi) is 5.99. The van der Waals surface area contributed by atoms with Crippen molar-refractivity contribution in [2.24, 2.45) is 4.99 Å². The van der Waals surface area contributed by atoms with Gasteiger partial charge in [-0.1, -0.05) is 48.5 Å². The van der Waals surface area contributed by atoms with Gasteiger partial charge in [-0.2, -0.15) is 0 Å². The lowest BCUT2D eigenvalue weighted by Gasteiger charge is -2.13. The van der Waals surface area contributed by atoms with Gasteiger partial charge in [0.25, 0.3) is 0 Å². The minimum atomic E-state index is -3.20. The molecule has 0 aliphatic rings. The Morgan fingerprint density at radius 1 is 0.893 bits per heavy atom. The summed E-state index contributed by atoms with van der Waals surface area (Å²) in [6.07, 6.45) is 1.23. The highest BCUT2D eigenvalue weighted by molar-refractivity contribution is 7.90. The van der Waals surface area contributed by atoms with Crippen LogP contribution in [-0.4, -0.2) is 27.7 Å². The summed E-state index contributed by atoms with van der Waals surface area (Å²) in [7, 11) is -1.47. The van der Waals surface area contributed by atoms with E-state index >= 15 is 0 Å². The van der Waals surface area contributed by atoms with Crippen LogP contribution in [0, 0.1) is 6.92 Å². The molecule has 0 spiro atoms. The molecule has 5 nitrogen and oxygen atoms in total. The molecule has 0 radical (unpaired) electrons. The number of hydrogen-bond donors (Lipinski definition) is 2. The molecule has 0 aliphatic heterocycles. The standard InChI is InChI=1S/C22H25N3O2S/c1-16-12-17(9-11-21(16)28(3,26)27)14-24-22(23-2)25-15-18-8-10-19-6-4-5-7-20(19)13-18/h4-13H,14-15H2,1-3H3,(H2,23,24,25). The molecule has 28 heavy (non-hydrogen) atoms. The van der Waals surface area contributed by atoms with Crippen LogP contribution >= 0.6 is 0 Å². The van der Waals surface area contributed by atoms with Crippen molar-refractivity contribution < 1.29 is 8.42 Å². The van der Waals surface area contributed by atoms with Crippen LogP contribution in [-0.2, 0) is 22.9 Å². The van der Waals surface area contributed by atoms with E-state index in [0.717, 1.165) is 11.1 Å². The van der Waals surface area contributed by atoms with Gasteiger partial charge < -0.3 is 10.6 Å². The molecule has 3 aromatic carbocycles. The number of fused-ring (bicyclic) bond motifs is 1. The van der Waals surface area contributed by atoms with Gasteiger partial charge in [-0.25, -0.2) is 8.42 Å². The van der Waals surface area contributed by atoms with Crippen LogP contribution in [0.25, 0.3) is 10.8 Å². The maximum Gasteiger partial charge on any atom is 0.191 e.